The van der Waals surface area contributed by atoms with Gasteiger partial charge in [-0.25, -0.2) is 9.97 Å². The van der Waals surface area contributed by atoms with Gasteiger partial charge in [0.2, 0.25) is 5.95 Å². The highest BCUT2D eigenvalue weighted by molar-refractivity contribution is 5.38. The van der Waals surface area contributed by atoms with Crippen LogP contribution >= 0.6 is 0 Å². The van der Waals surface area contributed by atoms with Crippen molar-refractivity contribution in [3.63, 3.8) is 0 Å². The Morgan fingerprint density at radius 1 is 1.30 bits per heavy atom. The normalized spacial score (nSPS) is 27.3. The number of fused-ring (bicyclic) bond motifs is 2. The van der Waals surface area contributed by atoms with E-state index >= 15 is 0 Å². The van der Waals surface area contributed by atoms with E-state index in [1.54, 1.807) is 12.4 Å². The van der Waals surface area contributed by atoms with Crippen LogP contribution in [0, 0.1) is 0 Å². The largest absolute Gasteiger partial charge is 0.486 e. The number of ether oxygens (including phenoxy) is 2. The van der Waals surface area contributed by atoms with Gasteiger partial charge in [-0.15, -0.1) is 0 Å². The minimum absolute atomic E-state index is 0.377. The van der Waals surface area contributed by atoms with E-state index in [-0.39, 0.29) is 0 Å². The molecule has 1 aromatic rings. The van der Waals surface area contributed by atoms with Crippen molar-refractivity contribution in [1.29, 1.82) is 0 Å². The summed E-state index contributed by atoms with van der Waals surface area (Å²) in [4.78, 5) is 11.4. The van der Waals surface area contributed by atoms with Gasteiger partial charge in [-0.2, -0.15) is 0 Å². The lowest BCUT2D eigenvalue weighted by molar-refractivity contribution is 0.0680. The number of nitrogens with zero attached hydrogens (tertiary/aromatic N) is 3. The number of anilines is 1. The Hall–Kier alpha value is -1.66. The molecule has 0 amide bonds. The van der Waals surface area contributed by atoms with Crippen LogP contribution in [0.25, 0.3) is 0 Å². The molecule has 23 heavy (non-hydrogen) atoms. The summed E-state index contributed by atoms with van der Waals surface area (Å²) in [5.41, 5.74) is 6.70. The summed E-state index contributed by atoms with van der Waals surface area (Å²) in [7, 11) is 1.81. The molecule has 0 radical (unpaired) electrons. The van der Waals surface area contributed by atoms with Gasteiger partial charge in [0, 0.05) is 25.7 Å². The number of rotatable bonds is 6. The predicted molar refractivity (Wildman–Crippen MR) is 89.7 cm³/mol. The molecule has 2 aliphatic rings. The van der Waals surface area contributed by atoms with Crippen LogP contribution in [0.4, 0.5) is 5.95 Å². The van der Waals surface area contributed by atoms with E-state index in [0.29, 0.717) is 37.1 Å². The van der Waals surface area contributed by atoms with Crippen LogP contribution in [0.2, 0.25) is 0 Å². The van der Waals surface area contributed by atoms with Gasteiger partial charge in [0.15, 0.2) is 5.75 Å². The van der Waals surface area contributed by atoms with Crippen LogP contribution in [0.5, 0.6) is 5.75 Å². The molecule has 3 heterocycles. The van der Waals surface area contributed by atoms with E-state index < -0.39 is 0 Å². The standard InChI is InChI=1S/C17H26N4O2/c1-3-12(8-18)11-23-16-9-19-17(20-10-16)21-13-4-5-14(21)7-15(6-13)22-2/h3,9-10,13-15H,4-8,11,18H2,1-2H3/b12-3+. The van der Waals surface area contributed by atoms with Gasteiger partial charge >= 0.3 is 0 Å². The summed E-state index contributed by atoms with van der Waals surface area (Å²) in [6, 6.07) is 0.995. The Morgan fingerprint density at radius 3 is 2.48 bits per heavy atom. The van der Waals surface area contributed by atoms with E-state index in [0.717, 1.165) is 24.4 Å². The number of methoxy groups -OCH3 is 1. The molecule has 2 atom stereocenters. The first-order chi connectivity index (χ1) is 11.2. The lowest BCUT2D eigenvalue weighted by Gasteiger charge is -2.38. The maximum atomic E-state index is 5.68. The van der Waals surface area contributed by atoms with Crippen LogP contribution in [-0.4, -0.2) is 48.4 Å². The summed E-state index contributed by atoms with van der Waals surface area (Å²) in [5.74, 6) is 1.49. The number of aromatic nitrogens is 2. The number of allylic oxidation sites excluding steroid dienone is 1. The number of piperidine rings is 1. The summed E-state index contributed by atoms with van der Waals surface area (Å²) in [5, 5.41) is 0. The molecule has 1 aromatic heterocycles. The number of hydrogen-bond donors (Lipinski definition) is 1. The fraction of sp³-hybridized carbons (Fsp3) is 0.647. The molecule has 3 rings (SSSR count). The highest BCUT2D eigenvalue weighted by Gasteiger charge is 2.42. The van der Waals surface area contributed by atoms with Crippen molar-refractivity contribution in [2.24, 2.45) is 5.73 Å². The molecule has 0 aromatic carbocycles. The lowest BCUT2D eigenvalue weighted by Crippen LogP contribution is -2.46. The molecular weight excluding hydrogens is 292 g/mol. The molecule has 126 valence electrons. The monoisotopic (exact) mass is 318 g/mol. The lowest BCUT2D eigenvalue weighted by atomic mass is 10.0. The first-order valence-corrected chi connectivity index (χ1v) is 8.35. The maximum Gasteiger partial charge on any atom is 0.226 e. The zero-order chi connectivity index (χ0) is 16.2. The third-order valence-corrected chi connectivity index (χ3v) is 4.96. The molecular formula is C17H26N4O2. The van der Waals surface area contributed by atoms with Crippen molar-refractivity contribution in [3.05, 3.63) is 24.0 Å². The smallest absolute Gasteiger partial charge is 0.226 e. The molecule has 0 aliphatic carbocycles. The molecule has 2 N–H and O–H groups in total. The molecule has 2 bridgehead atoms. The molecule has 2 saturated heterocycles. The van der Waals surface area contributed by atoms with Gasteiger partial charge in [-0.1, -0.05) is 6.08 Å². The third kappa shape index (κ3) is 3.48. The van der Waals surface area contributed by atoms with Crippen molar-refractivity contribution in [2.75, 3.05) is 25.2 Å². The quantitative estimate of drug-likeness (QED) is 0.808. The van der Waals surface area contributed by atoms with Crippen molar-refractivity contribution >= 4 is 5.95 Å². The maximum absolute atomic E-state index is 5.68. The second kappa shape index (κ2) is 7.27. The summed E-state index contributed by atoms with van der Waals surface area (Å²) >= 11 is 0. The average molecular weight is 318 g/mol. The number of hydrogen-bond acceptors (Lipinski definition) is 6. The van der Waals surface area contributed by atoms with Gasteiger partial charge in [0.1, 0.15) is 6.61 Å². The van der Waals surface area contributed by atoms with Crippen molar-refractivity contribution in [2.45, 2.75) is 50.8 Å². The second-order valence-corrected chi connectivity index (χ2v) is 6.28. The molecule has 6 heteroatoms. The minimum atomic E-state index is 0.377. The van der Waals surface area contributed by atoms with Crippen LogP contribution in [0.1, 0.15) is 32.6 Å². The van der Waals surface area contributed by atoms with Crippen LogP contribution < -0.4 is 15.4 Å². The molecule has 2 fully saturated rings. The molecule has 2 aliphatic heterocycles. The fourth-order valence-corrected chi connectivity index (χ4v) is 3.60. The van der Waals surface area contributed by atoms with E-state index in [4.69, 9.17) is 15.2 Å². The Bertz CT molecular complexity index is 532. The SMILES string of the molecule is C/C=C(\CN)COc1cnc(N2C3CCC2CC(OC)C3)nc1. The molecule has 0 spiro atoms. The average Bonchev–Trinajstić information content (AvgIpc) is 2.86. The van der Waals surface area contributed by atoms with Gasteiger partial charge < -0.3 is 20.1 Å². The van der Waals surface area contributed by atoms with Crippen LogP contribution in [0.15, 0.2) is 24.0 Å². The van der Waals surface area contributed by atoms with E-state index in [1.165, 1.54) is 12.8 Å². The molecule has 6 nitrogen and oxygen atoms in total. The van der Waals surface area contributed by atoms with E-state index in [9.17, 15) is 0 Å². The third-order valence-electron chi connectivity index (χ3n) is 4.96. The Balaban J connectivity index is 1.64. The van der Waals surface area contributed by atoms with Crippen LogP contribution in [-0.2, 0) is 4.74 Å². The van der Waals surface area contributed by atoms with Gasteiger partial charge in [0.25, 0.3) is 0 Å². The summed E-state index contributed by atoms with van der Waals surface area (Å²) < 4.78 is 11.2. The topological polar surface area (TPSA) is 73.5 Å². The fourth-order valence-electron chi connectivity index (χ4n) is 3.60. The van der Waals surface area contributed by atoms with Crippen LogP contribution in [0.3, 0.4) is 0 Å². The highest BCUT2D eigenvalue weighted by Crippen LogP contribution is 2.38. The first-order valence-electron chi connectivity index (χ1n) is 8.35. The van der Waals surface area contributed by atoms with E-state index in [1.807, 2.05) is 20.1 Å². The number of nitrogens with two attached hydrogens (primary N) is 1. The summed E-state index contributed by atoms with van der Waals surface area (Å²) in [6.45, 7) is 2.96. The zero-order valence-electron chi connectivity index (χ0n) is 13.9. The predicted octanol–water partition coefficient (Wildman–Crippen LogP) is 1.91. The van der Waals surface area contributed by atoms with E-state index in [2.05, 4.69) is 14.9 Å². The summed E-state index contributed by atoms with van der Waals surface area (Å²) in [6.07, 6.45) is 10.4. The van der Waals surface area contributed by atoms with Crippen molar-refractivity contribution in [1.82, 2.24) is 9.97 Å². The molecule has 2 unspecified atom stereocenters. The zero-order valence-corrected chi connectivity index (χ0v) is 13.9. The van der Waals surface area contributed by atoms with Crippen molar-refractivity contribution in [3.8, 4) is 5.75 Å². The Morgan fingerprint density at radius 2 is 1.96 bits per heavy atom. The molecule has 0 saturated carbocycles. The minimum Gasteiger partial charge on any atom is -0.486 e. The first kappa shape index (κ1) is 16.2. The van der Waals surface area contributed by atoms with Crippen molar-refractivity contribution < 1.29 is 9.47 Å². The van der Waals surface area contributed by atoms with Gasteiger partial charge in [-0.05, 0) is 38.2 Å². The van der Waals surface area contributed by atoms with Gasteiger partial charge in [0.05, 0.1) is 18.5 Å². The second-order valence-electron chi connectivity index (χ2n) is 6.28. The Kier molecular flexibility index (Phi) is 5.13. The highest BCUT2D eigenvalue weighted by atomic mass is 16.5. The Labute approximate surface area is 137 Å². The van der Waals surface area contributed by atoms with Gasteiger partial charge in [-0.3, -0.25) is 0 Å².